The molecule has 176 valence electrons. The molecule has 0 amide bonds. The number of esters is 2. The SMILES string of the molecule is CC[C@H](C)C(=O)OC1C[C@H](O)C=C2C=C[C@H](C)[C@H](CC[C@@H](O)C[C@@H](O)CC(=O)OC)C21. The van der Waals surface area contributed by atoms with Crippen molar-refractivity contribution in [1.82, 2.24) is 0 Å². The number of methoxy groups -OCH3 is 1. The molecule has 0 aromatic rings. The van der Waals surface area contributed by atoms with Gasteiger partial charge in [0.1, 0.15) is 6.10 Å². The highest BCUT2D eigenvalue weighted by molar-refractivity contribution is 5.72. The molecule has 0 saturated heterocycles. The van der Waals surface area contributed by atoms with Gasteiger partial charge < -0.3 is 24.8 Å². The first-order chi connectivity index (χ1) is 14.7. The Bertz CT molecular complexity index is 671. The number of hydrogen-bond donors (Lipinski definition) is 3. The van der Waals surface area contributed by atoms with Gasteiger partial charge in [0, 0.05) is 12.3 Å². The molecule has 7 nitrogen and oxygen atoms in total. The van der Waals surface area contributed by atoms with Gasteiger partial charge in [-0.15, -0.1) is 0 Å². The molecule has 0 aliphatic heterocycles. The lowest BCUT2D eigenvalue weighted by atomic mass is 9.66. The van der Waals surface area contributed by atoms with E-state index < -0.39 is 30.4 Å². The lowest BCUT2D eigenvalue weighted by molar-refractivity contribution is -0.159. The molecule has 2 rings (SSSR count). The first-order valence-corrected chi connectivity index (χ1v) is 11.4. The fourth-order valence-electron chi connectivity index (χ4n) is 4.59. The summed E-state index contributed by atoms with van der Waals surface area (Å²) in [6, 6.07) is 0. The van der Waals surface area contributed by atoms with Crippen molar-refractivity contribution in [2.75, 3.05) is 7.11 Å². The number of aliphatic hydroxyl groups excluding tert-OH is 3. The topological polar surface area (TPSA) is 113 Å². The summed E-state index contributed by atoms with van der Waals surface area (Å²) < 4.78 is 10.4. The highest BCUT2D eigenvalue weighted by Crippen LogP contribution is 2.44. The van der Waals surface area contributed by atoms with Crippen LogP contribution in [-0.4, -0.2) is 58.8 Å². The van der Waals surface area contributed by atoms with E-state index in [0.717, 1.165) is 5.57 Å². The van der Waals surface area contributed by atoms with Crippen LogP contribution in [0, 0.1) is 23.7 Å². The van der Waals surface area contributed by atoms with Gasteiger partial charge in [-0.1, -0.05) is 39.0 Å². The monoisotopic (exact) mass is 438 g/mol. The maximum absolute atomic E-state index is 12.5. The van der Waals surface area contributed by atoms with Crippen LogP contribution in [0.3, 0.4) is 0 Å². The summed E-state index contributed by atoms with van der Waals surface area (Å²) in [5.74, 6) is -0.636. The summed E-state index contributed by atoms with van der Waals surface area (Å²) in [5.41, 5.74) is 0.976. The summed E-state index contributed by atoms with van der Waals surface area (Å²) in [6.07, 6.45) is 5.34. The van der Waals surface area contributed by atoms with Crippen LogP contribution in [0.5, 0.6) is 0 Å². The second-order valence-corrected chi connectivity index (χ2v) is 9.06. The highest BCUT2D eigenvalue weighted by atomic mass is 16.5. The minimum atomic E-state index is -0.948. The number of hydrogen-bond acceptors (Lipinski definition) is 7. The number of rotatable bonds is 10. The van der Waals surface area contributed by atoms with E-state index in [4.69, 9.17) is 4.74 Å². The minimum absolute atomic E-state index is 0.0383. The Labute approximate surface area is 185 Å². The zero-order valence-electron chi connectivity index (χ0n) is 19.1. The summed E-state index contributed by atoms with van der Waals surface area (Å²) in [6.45, 7) is 5.89. The maximum Gasteiger partial charge on any atom is 0.308 e. The van der Waals surface area contributed by atoms with E-state index in [9.17, 15) is 24.9 Å². The molecule has 0 heterocycles. The van der Waals surface area contributed by atoms with Crippen LogP contribution in [0.1, 0.15) is 59.3 Å². The molecule has 0 bridgehead atoms. The van der Waals surface area contributed by atoms with Gasteiger partial charge >= 0.3 is 11.9 Å². The Morgan fingerprint density at radius 2 is 1.97 bits per heavy atom. The molecule has 8 atom stereocenters. The molecule has 2 unspecified atom stereocenters. The van der Waals surface area contributed by atoms with Crippen LogP contribution in [0.4, 0.5) is 0 Å². The van der Waals surface area contributed by atoms with Crippen molar-refractivity contribution in [2.45, 2.75) is 83.7 Å². The lowest BCUT2D eigenvalue weighted by Crippen LogP contribution is -2.43. The molecule has 7 heteroatoms. The van der Waals surface area contributed by atoms with Crippen LogP contribution in [0.2, 0.25) is 0 Å². The average molecular weight is 439 g/mol. The third-order valence-corrected chi connectivity index (χ3v) is 6.66. The van der Waals surface area contributed by atoms with Crippen LogP contribution < -0.4 is 0 Å². The highest BCUT2D eigenvalue weighted by Gasteiger charge is 2.42. The van der Waals surface area contributed by atoms with Crippen molar-refractivity contribution in [3.63, 3.8) is 0 Å². The van der Waals surface area contributed by atoms with Gasteiger partial charge in [-0.3, -0.25) is 9.59 Å². The van der Waals surface area contributed by atoms with Crippen molar-refractivity contribution in [2.24, 2.45) is 23.7 Å². The standard InChI is InChI=1S/C24H38O7/c1-5-14(2)24(29)31-21-12-18(26)10-16-7-6-15(3)20(23(16)21)9-8-17(25)11-19(27)13-22(28)30-4/h6-7,10,14-15,17-21,23,25-27H,5,8-9,11-13H2,1-4H3/t14-,15-,17+,18+,19+,20-,21?,23?/m0/s1. The number of fused-ring (bicyclic) bond motifs is 1. The lowest BCUT2D eigenvalue weighted by Gasteiger charge is -2.43. The number of aliphatic hydroxyl groups is 3. The van der Waals surface area contributed by atoms with Crippen molar-refractivity contribution in [1.29, 1.82) is 0 Å². The third kappa shape index (κ3) is 7.16. The van der Waals surface area contributed by atoms with Gasteiger partial charge in [0.25, 0.3) is 0 Å². The largest absolute Gasteiger partial charge is 0.469 e. The third-order valence-electron chi connectivity index (χ3n) is 6.66. The Morgan fingerprint density at radius 3 is 2.61 bits per heavy atom. The molecular formula is C24H38O7. The fourth-order valence-corrected chi connectivity index (χ4v) is 4.59. The van der Waals surface area contributed by atoms with Gasteiger partial charge in [-0.25, -0.2) is 0 Å². The van der Waals surface area contributed by atoms with E-state index in [-0.39, 0.29) is 42.5 Å². The van der Waals surface area contributed by atoms with E-state index in [2.05, 4.69) is 17.7 Å². The normalized spacial score (nSPS) is 30.5. The Hall–Kier alpha value is -1.70. The van der Waals surface area contributed by atoms with Crippen molar-refractivity contribution < 1.29 is 34.4 Å². The fraction of sp³-hybridized carbons (Fsp3) is 0.750. The molecule has 0 saturated carbocycles. The second-order valence-electron chi connectivity index (χ2n) is 9.06. The maximum atomic E-state index is 12.5. The predicted molar refractivity (Wildman–Crippen MR) is 116 cm³/mol. The molecule has 0 aromatic heterocycles. The van der Waals surface area contributed by atoms with Gasteiger partial charge in [0.15, 0.2) is 0 Å². The van der Waals surface area contributed by atoms with Crippen LogP contribution in [0.25, 0.3) is 0 Å². The van der Waals surface area contributed by atoms with Gasteiger partial charge in [-0.2, -0.15) is 0 Å². The molecule has 31 heavy (non-hydrogen) atoms. The summed E-state index contributed by atoms with van der Waals surface area (Å²) in [4.78, 5) is 23.8. The van der Waals surface area contributed by atoms with E-state index in [1.807, 2.05) is 26.0 Å². The molecule has 2 aliphatic rings. The van der Waals surface area contributed by atoms with E-state index in [1.165, 1.54) is 7.11 Å². The number of allylic oxidation sites excluding steroid dienone is 2. The Balaban J connectivity index is 2.06. The molecule has 0 fully saturated rings. The number of ether oxygens (including phenoxy) is 2. The first kappa shape index (κ1) is 25.6. The zero-order valence-corrected chi connectivity index (χ0v) is 19.1. The second kappa shape index (κ2) is 11.8. The molecule has 0 aromatic carbocycles. The minimum Gasteiger partial charge on any atom is -0.469 e. The zero-order chi connectivity index (χ0) is 23.1. The number of carbonyl (C=O) groups excluding carboxylic acids is 2. The van der Waals surface area contributed by atoms with Crippen molar-refractivity contribution in [3.8, 4) is 0 Å². The van der Waals surface area contributed by atoms with Gasteiger partial charge in [0.05, 0.1) is 37.8 Å². The Morgan fingerprint density at radius 1 is 1.26 bits per heavy atom. The molecule has 3 N–H and O–H groups in total. The predicted octanol–water partition coefficient (Wildman–Crippen LogP) is 2.53. The summed E-state index contributed by atoms with van der Waals surface area (Å²) >= 11 is 0. The van der Waals surface area contributed by atoms with E-state index >= 15 is 0 Å². The van der Waals surface area contributed by atoms with Gasteiger partial charge in [0.2, 0.25) is 0 Å². The molecule has 2 aliphatic carbocycles. The van der Waals surface area contributed by atoms with Crippen LogP contribution >= 0.6 is 0 Å². The Kier molecular flexibility index (Phi) is 9.72. The van der Waals surface area contributed by atoms with Crippen LogP contribution in [-0.2, 0) is 19.1 Å². The smallest absolute Gasteiger partial charge is 0.308 e. The van der Waals surface area contributed by atoms with Crippen LogP contribution in [0.15, 0.2) is 23.8 Å². The first-order valence-electron chi connectivity index (χ1n) is 11.4. The quantitative estimate of drug-likeness (QED) is 0.449. The van der Waals surface area contributed by atoms with E-state index in [0.29, 0.717) is 25.7 Å². The van der Waals surface area contributed by atoms with Crippen molar-refractivity contribution in [3.05, 3.63) is 23.8 Å². The van der Waals surface area contributed by atoms with Gasteiger partial charge in [-0.05, 0) is 43.1 Å². The molecule has 0 radical (unpaired) electrons. The average Bonchev–Trinajstić information content (AvgIpc) is 2.72. The summed E-state index contributed by atoms with van der Waals surface area (Å²) in [7, 11) is 1.26. The number of carbonyl (C=O) groups is 2. The summed E-state index contributed by atoms with van der Waals surface area (Å²) in [5, 5.41) is 30.7. The van der Waals surface area contributed by atoms with Crippen molar-refractivity contribution >= 4 is 11.9 Å². The molecular weight excluding hydrogens is 400 g/mol. The molecule has 0 spiro atoms. The van der Waals surface area contributed by atoms with E-state index in [1.54, 1.807) is 0 Å².